The van der Waals surface area contributed by atoms with Gasteiger partial charge in [-0.15, -0.1) is 11.3 Å². The Morgan fingerprint density at radius 3 is 2.60 bits per heavy atom. The van der Waals surface area contributed by atoms with Gasteiger partial charge in [-0.1, -0.05) is 29.8 Å². The number of halogens is 1. The number of nitrogens with zero attached hydrogens (tertiary/aromatic N) is 1. The first kappa shape index (κ1) is 20.5. The van der Waals surface area contributed by atoms with Crippen molar-refractivity contribution in [3.8, 4) is 10.6 Å². The van der Waals surface area contributed by atoms with Crippen molar-refractivity contribution >= 4 is 62.1 Å². The fraction of sp³-hybridized carbons (Fsp3) is 0.0870. The average molecular weight is 452 g/mol. The molecule has 1 amide bonds. The summed E-state index contributed by atoms with van der Waals surface area (Å²) in [7, 11) is 0. The van der Waals surface area contributed by atoms with Crippen LogP contribution in [-0.2, 0) is 0 Å². The van der Waals surface area contributed by atoms with E-state index in [-0.39, 0.29) is 11.0 Å². The Balaban J connectivity index is 1.57. The second kappa shape index (κ2) is 8.52. The molecule has 0 unspecified atom stereocenters. The lowest BCUT2D eigenvalue weighted by Gasteiger charge is -2.13. The normalized spacial score (nSPS) is 10.8. The molecule has 0 aliphatic rings. The van der Waals surface area contributed by atoms with E-state index in [4.69, 9.17) is 28.8 Å². The molecule has 0 aliphatic heterocycles. The number of fused-ring (bicyclic) bond motifs is 1. The van der Waals surface area contributed by atoms with Gasteiger partial charge in [-0.3, -0.25) is 10.1 Å². The van der Waals surface area contributed by atoms with E-state index in [1.54, 1.807) is 23.5 Å². The molecule has 0 saturated carbocycles. The fourth-order valence-corrected chi connectivity index (χ4v) is 4.37. The number of aryl methyl sites for hydroxylation is 2. The second-order valence-corrected chi connectivity index (χ2v) is 8.76. The van der Waals surface area contributed by atoms with Gasteiger partial charge in [0.2, 0.25) is 0 Å². The van der Waals surface area contributed by atoms with Gasteiger partial charge in [-0.25, -0.2) is 4.98 Å². The van der Waals surface area contributed by atoms with Crippen molar-refractivity contribution in [2.75, 3.05) is 5.32 Å². The number of hydrogen-bond acceptors (Lipinski definition) is 4. The van der Waals surface area contributed by atoms with Crippen molar-refractivity contribution in [1.82, 2.24) is 10.3 Å². The van der Waals surface area contributed by atoms with Gasteiger partial charge < -0.3 is 5.32 Å². The molecule has 4 rings (SSSR count). The third-order valence-electron chi connectivity index (χ3n) is 4.75. The average Bonchev–Trinajstić information content (AvgIpc) is 3.15. The predicted molar refractivity (Wildman–Crippen MR) is 130 cm³/mol. The molecule has 0 radical (unpaired) electrons. The van der Waals surface area contributed by atoms with E-state index in [9.17, 15) is 4.79 Å². The minimum absolute atomic E-state index is 0.211. The van der Waals surface area contributed by atoms with Crippen LogP contribution in [-0.4, -0.2) is 16.0 Å². The summed E-state index contributed by atoms with van der Waals surface area (Å²) in [5.74, 6) is -0.258. The van der Waals surface area contributed by atoms with Gasteiger partial charge in [0, 0.05) is 16.1 Å². The van der Waals surface area contributed by atoms with E-state index in [1.807, 2.05) is 62.4 Å². The molecule has 30 heavy (non-hydrogen) atoms. The number of thiazole rings is 1. The highest BCUT2D eigenvalue weighted by atomic mass is 35.5. The molecule has 7 heteroatoms. The van der Waals surface area contributed by atoms with Gasteiger partial charge in [0.1, 0.15) is 5.01 Å². The molecular formula is C23H18ClN3OS2. The standard InChI is InChI=1S/C23H18ClN3OS2/c1-13-7-8-15(11-14(13)2)21(28)27-23(29)26-18-10-9-16(24)12-17(18)22-25-19-5-3-4-6-20(19)30-22/h3-12H,1-2H3,(H2,26,27,28,29). The molecule has 0 aliphatic carbocycles. The van der Waals surface area contributed by atoms with Crippen LogP contribution in [0, 0.1) is 13.8 Å². The topological polar surface area (TPSA) is 54.0 Å². The molecule has 0 bridgehead atoms. The molecule has 4 aromatic rings. The molecule has 0 atom stereocenters. The molecule has 4 nitrogen and oxygen atoms in total. The highest BCUT2D eigenvalue weighted by Crippen LogP contribution is 2.36. The Morgan fingerprint density at radius 2 is 1.83 bits per heavy atom. The van der Waals surface area contributed by atoms with Crippen LogP contribution in [0.2, 0.25) is 5.02 Å². The van der Waals surface area contributed by atoms with Crippen LogP contribution in [0.4, 0.5) is 5.69 Å². The number of amides is 1. The zero-order valence-electron chi connectivity index (χ0n) is 16.3. The summed E-state index contributed by atoms with van der Waals surface area (Å²) in [4.78, 5) is 17.3. The van der Waals surface area contributed by atoms with Crippen LogP contribution in [0.3, 0.4) is 0 Å². The Labute approximate surface area is 188 Å². The molecule has 3 aromatic carbocycles. The number of nitrogens with one attached hydrogen (secondary N) is 2. The third kappa shape index (κ3) is 4.36. The maximum absolute atomic E-state index is 12.6. The summed E-state index contributed by atoms with van der Waals surface area (Å²) >= 11 is 13.2. The van der Waals surface area contributed by atoms with Crippen molar-refractivity contribution in [3.05, 3.63) is 82.4 Å². The van der Waals surface area contributed by atoms with Gasteiger partial charge in [-0.05, 0) is 79.7 Å². The minimum Gasteiger partial charge on any atom is -0.332 e. The van der Waals surface area contributed by atoms with Crippen LogP contribution in [0.5, 0.6) is 0 Å². The lowest BCUT2D eigenvalue weighted by Crippen LogP contribution is -2.34. The van der Waals surface area contributed by atoms with Crippen LogP contribution in [0.25, 0.3) is 20.8 Å². The van der Waals surface area contributed by atoms with Crippen LogP contribution < -0.4 is 10.6 Å². The van der Waals surface area contributed by atoms with Gasteiger partial charge in [0.15, 0.2) is 5.11 Å². The number of rotatable bonds is 3. The Morgan fingerprint density at radius 1 is 1.03 bits per heavy atom. The van der Waals surface area contributed by atoms with E-state index in [2.05, 4.69) is 10.6 Å². The van der Waals surface area contributed by atoms with Crippen molar-refractivity contribution in [3.63, 3.8) is 0 Å². The molecule has 0 saturated heterocycles. The summed E-state index contributed by atoms with van der Waals surface area (Å²) in [6.45, 7) is 3.98. The molecule has 150 valence electrons. The van der Waals surface area contributed by atoms with Crippen molar-refractivity contribution in [2.24, 2.45) is 0 Å². The smallest absolute Gasteiger partial charge is 0.257 e. The van der Waals surface area contributed by atoms with Gasteiger partial charge in [0.25, 0.3) is 5.91 Å². The number of hydrogen-bond donors (Lipinski definition) is 2. The van der Waals surface area contributed by atoms with E-state index >= 15 is 0 Å². The monoisotopic (exact) mass is 451 g/mol. The third-order valence-corrected chi connectivity index (χ3v) is 6.26. The quantitative estimate of drug-likeness (QED) is 0.356. The van der Waals surface area contributed by atoms with Gasteiger partial charge in [-0.2, -0.15) is 0 Å². The lowest BCUT2D eigenvalue weighted by molar-refractivity contribution is 0.0977. The summed E-state index contributed by atoms with van der Waals surface area (Å²) in [6.07, 6.45) is 0. The fourth-order valence-electron chi connectivity index (χ4n) is 3.00. The largest absolute Gasteiger partial charge is 0.332 e. The van der Waals surface area contributed by atoms with Gasteiger partial charge in [0.05, 0.1) is 15.9 Å². The number of aromatic nitrogens is 1. The Kier molecular flexibility index (Phi) is 5.81. The van der Waals surface area contributed by atoms with E-state index in [0.29, 0.717) is 10.6 Å². The number of benzene rings is 3. The van der Waals surface area contributed by atoms with Crippen LogP contribution in [0.1, 0.15) is 21.5 Å². The first-order valence-electron chi connectivity index (χ1n) is 9.26. The maximum Gasteiger partial charge on any atom is 0.257 e. The highest BCUT2D eigenvalue weighted by Gasteiger charge is 2.14. The zero-order valence-corrected chi connectivity index (χ0v) is 18.7. The first-order chi connectivity index (χ1) is 14.4. The molecular weight excluding hydrogens is 434 g/mol. The van der Waals surface area contributed by atoms with E-state index in [0.717, 1.165) is 37.6 Å². The van der Waals surface area contributed by atoms with E-state index < -0.39 is 0 Å². The van der Waals surface area contributed by atoms with Gasteiger partial charge >= 0.3 is 0 Å². The Bertz CT molecular complexity index is 1250. The van der Waals surface area contributed by atoms with E-state index in [1.165, 1.54) is 0 Å². The first-order valence-corrected chi connectivity index (χ1v) is 10.9. The minimum atomic E-state index is -0.258. The van der Waals surface area contributed by atoms with Crippen molar-refractivity contribution in [1.29, 1.82) is 0 Å². The summed E-state index contributed by atoms with van der Waals surface area (Å²) in [5, 5.41) is 7.49. The molecule has 0 spiro atoms. The molecule has 1 heterocycles. The second-order valence-electron chi connectivity index (χ2n) is 6.88. The number of anilines is 1. The predicted octanol–water partition coefficient (Wildman–Crippen LogP) is 6.36. The summed E-state index contributed by atoms with van der Waals surface area (Å²) in [5.41, 5.74) is 5.22. The number of carbonyl (C=O) groups excluding carboxylic acids is 1. The van der Waals surface area contributed by atoms with Crippen molar-refractivity contribution in [2.45, 2.75) is 13.8 Å². The highest BCUT2D eigenvalue weighted by molar-refractivity contribution is 7.80. The SMILES string of the molecule is Cc1ccc(C(=O)NC(=S)Nc2ccc(Cl)cc2-c2nc3ccccc3s2)cc1C. The Hall–Kier alpha value is -2.80. The molecule has 1 aromatic heterocycles. The summed E-state index contributed by atoms with van der Waals surface area (Å²) in [6, 6.07) is 19.0. The lowest BCUT2D eigenvalue weighted by atomic mass is 10.1. The number of thiocarbonyl (C=S) groups is 1. The number of para-hydroxylation sites is 1. The van der Waals surface area contributed by atoms with Crippen LogP contribution >= 0.6 is 35.2 Å². The number of carbonyl (C=O) groups is 1. The maximum atomic E-state index is 12.6. The van der Waals surface area contributed by atoms with Crippen LogP contribution in [0.15, 0.2) is 60.7 Å². The zero-order chi connectivity index (χ0) is 21.3. The summed E-state index contributed by atoms with van der Waals surface area (Å²) < 4.78 is 1.09. The molecule has 0 fully saturated rings. The molecule has 2 N–H and O–H groups in total. The van der Waals surface area contributed by atoms with Crippen molar-refractivity contribution < 1.29 is 4.79 Å².